The third kappa shape index (κ3) is 5.55. The number of aromatic nitrogens is 2. The van der Waals surface area contributed by atoms with Gasteiger partial charge in [0.1, 0.15) is 0 Å². The van der Waals surface area contributed by atoms with Gasteiger partial charge in [0.05, 0.1) is 12.5 Å². The predicted molar refractivity (Wildman–Crippen MR) is 106 cm³/mol. The summed E-state index contributed by atoms with van der Waals surface area (Å²) in [5.41, 5.74) is 7.72. The van der Waals surface area contributed by atoms with Gasteiger partial charge in [-0.3, -0.25) is 4.79 Å². The molecule has 1 aromatic heterocycles. The molecule has 150 valence electrons. The molecule has 2 amide bonds. The molecule has 9 heteroatoms. The number of carbonyl (C=O) groups is 2. The third-order valence-electron chi connectivity index (χ3n) is 4.17. The fraction of sp³-hybridized carbons (Fsp3) is 0.200. The summed E-state index contributed by atoms with van der Waals surface area (Å²) in [5, 5.41) is 6.98. The summed E-state index contributed by atoms with van der Waals surface area (Å²) in [7, 11) is 0. The van der Waals surface area contributed by atoms with Crippen molar-refractivity contribution in [2.75, 3.05) is 0 Å². The molecule has 3 N–H and O–H groups in total. The lowest BCUT2D eigenvalue weighted by Crippen LogP contribution is -2.34. The van der Waals surface area contributed by atoms with Gasteiger partial charge in [-0.15, -0.1) is 0 Å². The monoisotopic (exact) mass is 414 g/mol. The zero-order valence-corrected chi connectivity index (χ0v) is 16.3. The molecule has 0 fully saturated rings. The van der Waals surface area contributed by atoms with Crippen molar-refractivity contribution in [3.63, 3.8) is 0 Å². The second-order valence-corrected chi connectivity index (χ2v) is 6.74. The Morgan fingerprint density at radius 3 is 2.62 bits per heavy atom. The standard InChI is InChI=1S/C20H19ClN4O4/c1-12-4-2-3-5-15(12)19-24-17(29-25-19)11-28-18(26)10-16(23-20(22)27)13-6-8-14(21)9-7-13/h2-9,16H,10-11H2,1H3,(H3,22,23,27)/t16-/m1/s1. The number of carbonyl (C=O) groups excluding carboxylic acids is 2. The number of nitrogens with two attached hydrogens (primary N) is 1. The molecule has 3 aromatic rings. The first-order valence-electron chi connectivity index (χ1n) is 8.78. The highest BCUT2D eigenvalue weighted by Crippen LogP contribution is 2.22. The van der Waals surface area contributed by atoms with Gasteiger partial charge in [-0.25, -0.2) is 4.79 Å². The minimum absolute atomic E-state index is 0.122. The largest absolute Gasteiger partial charge is 0.455 e. The number of halogens is 1. The van der Waals surface area contributed by atoms with Crippen LogP contribution in [0.25, 0.3) is 11.4 Å². The molecule has 0 spiro atoms. The molecule has 1 heterocycles. The molecular weight excluding hydrogens is 396 g/mol. The molecule has 29 heavy (non-hydrogen) atoms. The topological polar surface area (TPSA) is 120 Å². The van der Waals surface area contributed by atoms with Crippen LogP contribution in [0.5, 0.6) is 0 Å². The summed E-state index contributed by atoms with van der Waals surface area (Å²) in [6.07, 6.45) is -0.122. The van der Waals surface area contributed by atoms with Gasteiger partial charge in [0.25, 0.3) is 5.89 Å². The van der Waals surface area contributed by atoms with Gasteiger partial charge in [0, 0.05) is 10.6 Å². The van der Waals surface area contributed by atoms with Gasteiger partial charge >= 0.3 is 12.0 Å². The lowest BCUT2D eigenvalue weighted by Gasteiger charge is -2.17. The Bertz CT molecular complexity index is 1000. The Kier molecular flexibility index (Phi) is 6.46. The summed E-state index contributed by atoms with van der Waals surface area (Å²) in [4.78, 5) is 27.8. The molecule has 0 aliphatic rings. The van der Waals surface area contributed by atoms with Crippen LogP contribution in [0.1, 0.15) is 29.5 Å². The van der Waals surface area contributed by atoms with E-state index in [2.05, 4.69) is 15.5 Å². The average Bonchev–Trinajstić information content (AvgIpc) is 3.15. The maximum absolute atomic E-state index is 12.2. The van der Waals surface area contributed by atoms with Gasteiger partial charge in [-0.1, -0.05) is 53.2 Å². The molecule has 8 nitrogen and oxygen atoms in total. The summed E-state index contributed by atoms with van der Waals surface area (Å²) >= 11 is 5.87. The highest BCUT2D eigenvalue weighted by atomic mass is 35.5. The first-order chi connectivity index (χ1) is 13.9. The van der Waals surface area contributed by atoms with Crippen molar-refractivity contribution in [3.8, 4) is 11.4 Å². The van der Waals surface area contributed by atoms with E-state index < -0.39 is 18.0 Å². The number of hydrogen-bond donors (Lipinski definition) is 2. The SMILES string of the molecule is Cc1ccccc1-c1noc(COC(=O)C[C@@H](NC(N)=O)c2ccc(Cl)cc2)n1. The number of urea groups is 1. The Balaban J connectivity index is 1.61. The Morgan fingerprint density at radius 1 is 1.21 bits per heavy atom. The predicted octanol–water partition coefficient (Wildman–Crippen LogP) is 3.54. The number of aryl methyl sites for hydroxylation is 1. The number of nitrogens with one attached hydrogen (secondary N) is 1. The van der Waals surface area contributed by atoms with Crippen molar-refractivity contribution in [1.82, 2.24) is 15.5 Å². The van der Waals surface area contributed by atoms with E-state index in [0.29, 0.717) is 16.4 Å². The number of rotatable bonds is 7. The molecular formula is C20H19ClN4O4. The molecule has 1 atom stereocenters. The number of amides is 2. The fourth-order valence-electron chi connectivity index (χ4n) is 2.73. The quantitative estimate of drug-likeness (QED) is 0.570. The second-order valence-electron chi connectivity index (χ2n) is 6.30. The van der Waals surface area contributed by atoms with Gasteiger partial charge < -0.3 is 20.3 Å². The number of primary amides is 1. The molecule has 3 rings (SSSR count). The van der Waals surface area contributed by atoms with E-state index in [4.69, 9.17) is 26.6 Å². The van der Waals surface area contributed by atoms with Crippen LogP contribution in [0, 0.1) is 6.92 Å². The van der Waals surface area contributed by atoms with E-state index in [1.807, 2.05) is 31.2 Å². The van der Waals surface area contributed by atoms with Crippen molar-refractivity contribution in [2.24, 2.45) is 5.73 Å². The minimum atomic E-state index is -0.752. The van der Waals surface area contributed by atoms with Crippen molar-refractivity contribution in [1.29, 1.82) is 0 Å². The molecule has 0 saturated heterocycles. The van der Waals surface area contributed by atoms with Crippen LogP contribution in [0.4, 0.5) is 4.79 Å². The Morgan fingerprint density at radius 2 is 1.93 bits per heavy atom. The van der Waals surface area contributed by atoms with Crippen LogP contribution in [-0.2, 0) is 16.1 Å². The van der Waals surface area contributed by atoms with E-state index in [1.165, 1.54) is 0 Å². The molecule has 0 saturated carbocycles. The molecule has 0 unspecified atom stereocenters. The van der Waals surface area contributed by atoms with Crippen LogP contribution in [0.3, 0.4) is 0 Å². The zero-order chi connectivity index (χ0) is 20.8. The van der Waals surface area contributed by atoms with Gasteiger partial charge in [0.2, 0.25) is 5.82 Å². The number of esters is 1. The van der Waals surface area contributed by atoms with E-state index in [0.717, 1.165) is 11.1 Å². The van der Waals surface area contributed by atoms with Gasteiger partial charge in [-0.05, 0) is 30.2 Å². The van der Waals surface area contributed by atoms with Gasteiger partial charge in [0.15, 0.2) is 6.61 Å². The van der Waals surface area contributed by atoms with Crippen LogP contribution in [0.15, 0.2) is 53.1 Å². The first-order valence-corrected chi connectivity index (χ1v) is 9.16. The lowest BCUT2D eigenvalue weighted by molar-refractivity contribution is -0.146. The second kappa shape index (κ2) is 9.20. The first kappa shape index (κ1) is 20.3. The summed E-state index contributed by atoms with van der Waals surface area (Å²) in [5.74, 6) is 0.0282. The van der Waals surface area contributed by atoms with Crippen molar-refractivity contribution < 1.29 is 18.8 Å². The number of nitrogens with zero attached hydrogens (tertiary/aromatic N) is 2. The molecule has 0 bridgehead atoms. The summed E-state index contributed by atoms with van der Waals surface area (Å²) in [6, 6.07) is 12.9. The van der Waals surface area contributed by atoms with Crippen LogP contribution in [-0.4, -0.2) is 22.1 Å². The smallest absolute Gasteiger partial charge is 0.312 e. The van der Waals surface area contributed by atoms with Crippen molar-refractivity contribution >= 4 is 23.6 Å². The zero-order valence-electron chi connectivity index (χ0n) is 15.6. The normalized spacial score (nSPS) is 11.7. The van der Waals surface area contributed by atoms with Crippen LogP contribution in [0.2, 0.25) is 5.02 Å². The minimum Gasteiger partial charge on any atom is -0.455 e. The Hall–Kier alpha value is -3.39. The molecule has 0 aliphatic heterocycles. The van der Waals surface area contributed by atoms with Crippen LogP contribution < -0.4 is 11.1 Å². The number of ether oxygens (including phenoxy) is 1. The number of benzene rings is 2. The summed E-state index contributed by atoms with van der Waals surface area (Å²) in [6.45, 7) is 1.76. The maximum Gasteiger partial charge on any atom is 0.312 e. The number of hydrogen-bond acceptors (Lipinski definition) is 6. The van der Waals surface area contributed by atoms with Crippen molar-refractivity contribution in [2.45, 2.75) is 26.0 Å². The highest BCUT2D eigenvalue weighted by molar-refractivity contribution is 6.30. The average molecular weight is 415 g/mol. The molecule has 0 aliphatic carbocycles. The molecule has 0 radical (unpaired) electrons. The third-order valence-corrected chi connectivity index (χ3v) is 4.42. The van der Waals surface area contributed by atoms with E-state index >= 15 is 0 Å². The van der Waals surface area contributed by atoms with E-state index in [-0.39, 0.29) is 18.9 Å². The summed E-state index contributed by atoms with van der Waals surface area (Å²) < 4.78 is 10.4. The maximum atomic E-state index is 12.2. The van der Waals surface area contributed by atoms with Crippen molar-refractivity contribution in [3.05, 3.63) is 70.6 Å². The molecule has 2 aromatic carbocycles. The lowest BCUT2D eigenvalue weighted by atomic mass is 10.0. The van der Waals surface area contributed by atoms with E-state index in [9.17, 15) is 9.59 Å². The van der Waals surface area contributed by atoms with Gasteiger partial charge in [-0.2, -0.15) is 4.98 Å². The van der Waals surface area contributed by atoms with E-state index in [1.54, 1.807) is 24.3 Å². The fourth-order valence-corrected chi connectivity index (χ4v) is 2.86. The highest BCUT2D eigenvalue weighted by Gasteiger charge is 2.19. The van der Waals surface area contributed by atoms with Crippen LogP contribution >= 0.6 is 11.6 Å². The Labute approximate surface area is 172 Å².